The zero-order chi connectivity index (χ0) is 23.4. The molecule has 0 fully saturated rings. The van der Waals surface area contributed by atoms with Gasteiger partial charge in [-0.25, -0.2) is 4.99 Å². The summed E-state index contributed by atoms with van der Waals surface area (Å²) in [5.41, 5.74) is 9.22. The van der Waals surface area contributed by atoms with Crippen LogP contribution in [0, 0.1) is 12.8 Å². The van der Waals surface area contributed by atoms with Crippen LogP contribution in [0.5, 0.6) is 5.75 Å². The highest BCUT2D eigenvalue weighted by Crippen LogP contribution is 2.37. The van der Waals surface area contributed by atoms with E-state index in [1.807, 2.05) is 6.92 Å². The van der Waals surface area contributed by atoms with E-state index in [0.717, 1.165) is 49.1 Å². The molecule has 1 unspecified atom stereocenters. The number of rotatable bonds is 6. The standard InChI is InChI=1S/C28H37NO2S/c1-17(2)12-24-13-25-18(3)8-9-22(10-11-23(25)14-27(24)31-7)28(21(6)30)29-20(5)26-16-32-15-19(26)4/h13-18H,8-12H2,1-7H3/b28-22+,29-20?. The molecule has 0 radical (unpaired) electrons. The van der Waals surface area contributed by atoms with Gasteiger partial charge in [-0.1, -0.05) is 26.8 Å². The van der Waals surface area contributed by atoms with Crippen molar-refractivity contribution in [2.24, 2.45) is 10.9 Å². The quantitative estimate of drug-likeness (QED) is 0.338. The van der Waals surface area contributed by atoms with E-state index in [4.69, 9.17) is 9.73 Å². The summed E-state index contributed by atoms with van der Waals surface area (Å²) in [4.78, 5) is 17.5. The minimum atomic E-state index is 0.0607. The summed E-state index contributed by atoms with van der Waals surface area (Å²) in [6, 6.07) is 4.62. The number of thiophene rings is 1. The van der Waals surface area contributed by atoms with Crippen molar-refractivity contribution in [3.05, 3.63) is 62.0 Å². The monoisotopic (exact) mass is 451 g/mol. The van der Waals surface area contributed by atoms with Crippen molar-refractivity contribution in [3.63, 3.8) is 0 Å². The van der Waals surface area contributed by atoms with Gasteiger partial charge in [-0.15, -0.1) is 0 Å². The number of hydrogen-bond acceptors (Lipinski definition) is 4. The highest BCUT2D eigenvalue weighted by molar-refractivity contribution is 7.08. The van der Waals surface area contributed by atoms with E-state index in [1.165, 1.54) is 27.8 Å². The molecule has 3 rings (SSSR count). The van der Waals surface area contributed by atoms with Crippen LogP contribution in [0.1, 0.15) is 87.6 Å². The number of carbonyl (C=O) groups excluding carboxylic acids is 1. The van der Waals surface area contributed by atoms with Gasteiger partial charge < -0.3 is 4.74 Å². The molecule has 0 saturated carbocycles. The fraction of sp³-hybridized carbons (Fsp3) is 0.500. The topological polar surface area (TPSA) is 38.7 Å². The van der Waals surface area contributed by atoms with Crippen molar-refractivity contribution in [1.29, 1.82) is 0 Å². The highest BCUT2D eigenvalue weighted by Gasteiger charge is 2.22. The van der Waals surface area contributed by atoms with E-state index in [1.54, 1.807) is 25.4 Å². The Labute approximate surface area is 197 Å². The Bertz CT molecular complexity index is 1040. The van der Waals surface area contributed by atoms with Crippen molar-refractivity contribution in [2.75, 3.05) is 7.11 Å². The third kappa shape index (κ3) is 5.58. The molecule has 0 spiro atoms. The Morgan fingerprint density at radius 3 is 2.53 bits per heavy atom. The second-order valence-electron chi connectivity index (χ2n) is 9.57. The van der Waals surface area contributed by atoms with Crippen molar-refractivity contribution < 1.29 is 9.53 Å². The Morgan fingerprint density at radius 1 is 1.19 bits per heavy atom. The molecule has 2 aromatic rings. The van der Waals surface area contributed by atoms with Crippen LogP contribution in [0.3, 0.4) is 0 Å². The molecule has 0 bridgehead atoms. The number of hydrogen-bond donors (Lipinski definition) is 0. The number of fused-ring (bicyclic) bond motifs is 1. The fourth-order valence-electron chi connectivity index (χ4n) is 4.71. The first-order valence-electron chi connectivity index (χ1n) is 11.7. The second-order valence-corrected chi connectivity index (χ2v) is 10.3. The van der Waals surface area contributed by atoms with Crippen LogP contribution in [0.25, 0.3) is 0 Å². The van der Waals surface area contributed by atoms with Gasteiger partial charge in [-0.3, -0.25) is 4.79 Å². The number of ether oxygens (including phenoxy) is 1. The molecule has 0 saturated heterocycles. The highest BCUT2D eigenvalue weighted by atomic mass is 32.1. The lowest BCUT2D eigenvalue weighted by Crippen LogP contribution is -2.11. The molecule has 1 aromatic heterocycles. The average molecular weight is 452 g/mol. The molecule has 0 amide bonds. The maximum Gasteiger partial charge on any atom is 0.178 e. The number of Topliss-reactive ketones (excluding diaryl/α,β-unsaturated/α-hetero) is 1. The SMILES string of the molecule is COc1cc2c(cc1CC(C)C)C(C)CC/C(=C(\N=C(C)c1cscc1C)C(C)=O)CC2. The molecule has 0 N–H and O–H groups in total. The van der Waals surface area contributed by atoms with Crippen molar-refractivity contribution in [2.45, 2.75) is 79.6 Å². The summed E-state index contributed by atoms with van der Waals surface area (Å²) in [7, 11) is 1.76. The Hall–Kier alpha value is -2.20. The Balaban J connectivity index is 1.99. The second kappa shape index (κ2) is 10.6. The number of allylic oxidation sites excluding steroid dienone is 2. The van der Waals surface area contributed by atoms with Gasteiger partial charge in [0.2, 0.25) is 0 Å². The molecule has 1 heterocycles. The third-order valence-corrected chi connectivity index (χ3v) is 7.33. The van der Waals surface area contributed by atoms with Crippen LogP contribution >= 0.6 is 11.3 Å². The van der Waals surface area contributed by atoms with E-state index in [0.29, 0.717) is 17.5 Å². The Kier molecular flexibility index (Phi) is 8.10. The number of aliphatic imine (C=N–C) groups is 1. The van der Waals surface area contributed by atoms with Crippen LogP contribution in [0.15, 0.2) is 39.2 Å². The summed E-state index contributed by atoms with van der Waals surface area (Å²) < 4.78 is 5.75. The zero-order valence-electron chi connectivity index (χ0n) is 20.7. The lowest BCUT2D eigenvalue weighted by atomic mass is 9.82. The lowest BCUT2D eigenvalue weighted by Gasteiger charge is -2.25. The van der Waals surface area contributed by atoms with Gasteiger partial charge >= 0.3 is 0 Å². The van der Waals surface area contributed by atoms with Crippen LogP contribution in [0.4, 0.5) is 0 Å². The number of methoxy groups -OCH3 is 1. The molecule has 172 valence electrons. The van der Waals surface area contributed by atoms with Gasteiger partial charge in [0.1, 0.15) is 11.4 Å². The van der Waals surface area contributed by atoms with Gasteiger partial charge in [0.05, 0.1) is 7.11 Å². The van der Waals surface area contributed by atoms with E-state index >= 15 is 0 Å². The van der Waals surface area contributed by atoms with Crippen LogP contribution < -0.4 is 4.74 Å². The number of benzene rings is 1. The number of nitrogens with zero attached hydrogens (tertiary/aromatic N) is 1. The number of ketones is 1. The first kappa shape index (κ1) is 24.4. The molecular formula is C28H37NO2S. The third-order valence-electron chi connectivity index (χ3n) is 6.47. The molecule has 3 nitrogen and oxygen atoms in total. The van der Waals surface area contributed by atoms with Gasteiger partial charge in [0.15, 0.2) is 5.78 Å². The summed E-state index contributed by atoms with van der Waals surface area (Å²) in [6.45, 7) is 12.6. The van der Waals surface area contributed by atoms with Crippen LogP contribution in [-0.2, 0) is 17.6 Å². The summed E-state index contributed by atoms with van der Waals surface area (Å²) >= 11 is 1.68. The van der Waals surface area contributed by atoms with Crippen molar-refractivity contribution in [1.82, 2.24) is 0 Å². The van der Waals surface area contributed by atoms with Gasteiger partial charge in [0.25, 0.3) is 0 Å². The molecular weight excluding hydrogens is 414 g/mol. The van der Waals surface area contributed by atoms with Gasteiger partial charge in [0, 0.05) is 23.6 Å². The maximum atomic E-state index is 12.6. The normalized spacial score (nSPS) is 18.8. The zero-order valence-corrected chi connectivity index (χ0v) is 21.5. The largest absolute Gasteiger partial charge is 0.496 e. The summed E-state index contributed by atoms with van der Waals surface area (Å²) in [5, 5.41) is 4.25. The number of aryl methyl sites for hydroxylation is 2. The molecule has 4 heteroatoms. The predicted octanol–water partition coefficient (Wildman–Crippen LogP) is 7.45. The minimum Gasteiger partial charge on any atom is -0.496 e. The van der Waals surface area contributed by atoms with E-state index in [9.17, 15) is 4.79 Å². The smallest absolute Gasteiger partial charge is 0.178 e. The number of carbonyl (C=O) groups is 1. The van der Waals surface area contributed by atoms with Crippen molar-refractivity contribution in [3.8, 4) is 5.75 Å². The molecule has 1 aliphatic carbocycles. The first-order chi connectivity index (χ1) is 15.2. The van der Waals surface area contributed by atoms with E-state index in [2.05, 4.69) is 50.6 Å². The van der Waals surface area contributed by atoms with Gasteiger partial charge in [-0.05, 0) is 97.1 Å². The van der Waals surface area contributed by atoms with Crippen LogP contribution in [-0.4, -0.2) is 18.6 Å². The minimum absolute atomic E-state index is 0.0607. The molecule has 1 aliphatic rings. The summed E-state index contributed by atoms with van der Waals surface area (Å²) in [6.07, 6.45) is 4.74. The Morgan fingerprint density at radius 2 is 1.94 bits per heavy atom. The first-order valence-corrected chi connectivity index (χ1v) is 12.7. The van der Waals surface area contributed by atoms with E-state index in [-0.39, 0.29) is 5.78 Å². The van der Waals surface area contributed by atoms with Gasteiger partial charge in [-0.2, -0.15) is 11.3 Å². The molecule has 1 aromatic carbocycles. The molecule has 32 heavy (non-hydrogen) atoms. The molecule has 0 aliphatic heterocycles. The lowest BCUT2D eigenvalue weighted by molar-refractivity contribution is -0.113. The van der Waals surface area contributed by atoms with Crippen molar-refractivity contribution >= 4 is 22.8 Å². The maximum absolute atomic E-state index is 12.6. The molecule has 1 atom stereocenters. The fourth-order valence-corrected chi connectivity index (χ4v) is 5.60. The summed E-state index contributed by atoms with van der Waals surface area (Å²) in [5.74, 6) is 2.08. The predicted molar refractivity (Wildman–Crippen MR) is 136 cm³/mol. The van der Waals surface area contributed by atoms with E-state index < -0.39 is 0 Å². The van der Waals surface area contributed by atoms with Crippen LogP contribution in [0.2, 0.25) is 0 Å². The average Bonchev–Trinajstić information content (AvgIpc) is 3.16.